The van der Waals surface area contributed by atoms with E-state index < -0.39 is 23.2 Å². The Kier molecular flexibility index (Phi) is 6.28. The van der Waals surface area contributed by atoms with Crippen molar-refractivity contribution in [1.82, 2.24) is 14.8 Å². The smallest absolute Gasteiger partial charge is 0.235 e. The van der Waals surface area contributed by atoms with Crippen molar-refractivity contribution in [3.05, 3.63) is 71.6 Å². The van der Waals surface area contributed by atoms with Gasteiger partial charge in [-0.2, -0.15) is 0 Å². The quantitative estimate of drug-likeness (QED) is 0.394. The third-order valence-electron chi connectivity index (χ3n) is 4.26. The lowest BCUT2D eigenvalue weighted by atomic mass is 10.3. The number of benzene rings is 2. The molecule has 0 saturated carbocycles. The number of methoxy groups -OCH3 is 1. The number of carbonyl (C=O) groups is 1. The van der Waals surface area contributed by atoms with E-state index in [1.807, 2.05) is 41.8 Å². The van der Waals surface area contributed by atoms with Gasteiger partial charge in [0, 0.05) is 0 Å². The number of hydrogen-bond donors (Lipinski definition) is 1. The molecule has 0 aliphatic carbocycles. The zero-order valence-electron chi connectivity index (χ0n) is 16.2. The molecular weight excluding hydrogens is 442 g/mol. The van der Waals surface area contributed by atoms with Crippen LogP contribution >= 0.6 is 23.1 Å². The van der Waals surface area contributed by atoms with E-state index in [0.717, 1.165) is 28.8 Å². The number of hydrogen-bond acceptors (Lipinski definition) is 6. The topological polar surface area (TPSA) is 69.0 Å². The lowest BCUT2D eigenvalue weighted by Gasteiger charge is -2.13. The van der Waals surface area contributed by atoms with E-state index in [1.165, 1.54) is 17.4 Å². The van der Waals surface area contributed by atoms with Gasteiger partial charge >= 0.3 is 0 Å². The van der Waals surface area contributed by atoms with Gasteiger partial charge < -0.3 is 10.1 Å². The summed E-state index contributed by atoms with van der Waals surface area (Å²) in [5.41, 5.74) is 0.236. The van der Waals surface area contributed by atoms with E-state index in [-0.39, 0.29) is 5.75 Å². The number of aromatic nitrogens is 3. The number of nitrogens with one attached hydrogen (secondary N) is 1. The largest absolute Gasteiger partial charge is 0.495 e. The highest BCUT2D eigenvalue weighted by molar-refractivity contribution is 7.99. The van der Waals surface area contributed by atoms with Gasteiger partial charge in [0.15, 0.2) is 11.0 Å². The molecular formula is C21H16F2N4O2S2. The van der Waals surface area contributed by atoms with Gasteiger partial charge in [-0.1, -0.05) is 36.0 Å². The molecule has 0 atom stereocenters. The third-order valence-corrected chi connectivity index (χ3v) is 6.06. The SMILES string of the molecule is COc1ccccc1-n1c(SCC(=O)Nc2c(F)cccc2F)nnc1-c1cccs1. The van der Waals surface area contributed by atoms with Crippen molar-refractivity contribution in [2.75, 3.05) is 18.2 Å². The molecule has 31 heavy (non-hydrogen) atoms. The molecule has 0 bridgehead atoms. The van der Waals surface area contributed by atoms with Crippen molar-refractivity contribution in [3.8, 4) is 22.1 Å². The van der Waals surface area contributed by atoms with Crippen molar-refractivity contribution in [2.24, 2.45) is 0 Å². The minimum absolute atomic E-state index is 0.120. The Balaban J connectivity index is 1.62. The molecule has 4 rings (SSSR count). The van der Waals surface area contributed by atoms with Gasteiger partial charge in [0.25, 0.3) is 0 Å². The van der Waals surface area contributed by atoms with Crippen LogP contribution in [0, 0.1) is 11.6 Å². The van der Waals surface area contributed by atoms with Crippen LogP contribution in [0.5, 0.6) is 5.75 Å². The summed E-state index contributed by atoms with van der Waals surface area (Å²) in [5.74, 6) is -1.15. The lowest BCUT2D eigenvalue weighted by molar-refractivity contribution is -0.113. The first-order chi connectivity index (χ1) is 15.1. The second-order valence-corrected chi connectivity index (χ2v) is 8.11. The standard InChI is InChI=1S/C21H16F2N4O2S2/c1-29-16-9-3-2-8-15(16)27-20(17-10-5-11-30-17)25-26-21(27)31-12-18(28)24-19-13(22)6-4-7-14(19)23/h2-11H,12H2,1H3,(H,24,28). The molecule has 10 heteroatoms. The average molecular weight is 459 g/mol. The van der Waals surface area contributed by atoms with Crippen LogP contribution in [0.2, 0.25) is 0 Å². The molecule has 2 aromatic carbocycles. The van der Waals surface area contributed by atoms with Crippen LogP contribution in [0.1, 0.15) is 0 Å². The summed E-state index contributed by atoms with van der Waals surface area (Å²) in [5, 5.41) is 13.2. The minimum atomic E-state index is -0.837. The van der Waals surface area contributed by atoms with Crippen molar-refractivity contribution in [2.45, 2.75) is 5.16 Å². The van der Waals surface area contributed by atoms with Gasteiger partial charge in [0.1, 0.15) is 23.1 Å². The fourth-order valence-electron chi connectivity index (χ4n) is 2.88. The summed E-state index contributed by atoms with van der Waals surface area (Å²) in [6, 6.07) is 14.6. The van der Waals surface area contributed by atoms with Crippen LogP contribution in [0.15, 0.2) is 65.1 Å². The molecule has 1 N–H and O–H groups in total. The third kappa shape index (κ3) is 4.44. The van der Waals surface area contributed by atoms with Gasteiger partial charge in [-0.15, -0.1) is 21.5 Å². The van der Waals surface area contributed by atoms with Crippen LogP contribution in [0.3, 0.4) is 0 Å². The molecule has 0 spiro atoms. The first-order valence-electron chi connectivity index (χ1n) is 9.08. The molecule has 0 aliphatic heterocycles. The second kappa shape index (κ2) is 9.27. The fourth-order valence-corrected chi connectivity index (χ4v) is 4.33. The van der Waals surface area contributed by atoms with E-state index >= 15 is 0 Å². The van der Waals surface area contributed by atoms with E-state index in [0.29, 0.717) is 22.4 Å². The molecule has 0 unspecified atom stereocenters. The van der Waals surface area contributed by atoms with E-state index in [9.17, 15) is 13.6 Å². The average Bonchev–Trinajstić information content (AvgIpc) is 3.44. The molecule has 0 saturated heterocycles. The van der Waals surface area contributed by atoms with Crippen LogP contribution in [-0.4, -0.2) is 33.5 Å². The summed E-state index contributed by atoms with van der Waals surface area (Å²) in [6.07, 6.45) is 0. The molecule has 0 radical (unpaired) electrons. The first-order valence-corrected chi connectivity index (χ1v) is 10.9. The van der Waals surface area contributed by atoms with E-state index in [4.69, 9.17) is 4.74 Å². The van der Waals surface area contributed by atoms with Gasteiger partial charge in [-0.3, -0.25) is 9.36 Å². The summed E-state index contributed by atoms with van der Waals surface area (Å²) in [7, 11) is 1.57. The molecule has 2 aromatic heterocycles. The molecule has 6 nitrogen and oxygen atoms in total. The molecule has 1 amide bonds. The molecule has 4 aromatic rings. The Morgan fingerprint density at radius 3 is 2.58 bits per heavy atom. The number of halogens is 2. The first kappa shape index (κ1) is 21.0. The van der Waals surface area contributed by atoms with E-state index in [2.05, 4.69) is 15.5 Å². The highest BCUT2D eigenvalue weighted by Crippen LogP contribution is 2.34. The number of anilines is 1. The number of carbonyl (C=O) groups excluding carboxylic acids is 1. The maximum atomic E-state index is 13.8. The number of nitrogens with zero attached hydrogens (tertiary/aromatic N) is 3. The Bertz CT molecular complexity index is 1190. The molecule has 0 fully saturated rings. The van der Waals surface area contributed by atoms with Crippen molar-refractivity contribution < 1.29 is 18.3 Å². The fraction of sp³-hybridized carbons (Fsp3) is 0.0952. The van der Waals surface area contributed by atoms with Crippen molar-refractivity contribution in [3.63, 3.8) is 0 Å². The zero-order valence-corrected chi connectivity index (χ0v) is 17.8. The predicted octanol–water partition coefficient (Wildman–Crippen LogP) is 5.01. The van der Waals surface area contributed by atoms with Crippen LogP contribution in [-0.2, 0) is 4.79 Å². The zero-order chi connectivity index (χ0) is 21.8. The van der Waals surface area contributed by atoms with Crippen molar-refractivity contribution >= 4 is 34.7 Å². The molecule has 158 valence electrons. The van der Waals surface area contributed by atoms with Crippen LogP contribution in [0.25, 0.3) is 16.4 Å². The number of thioether (sulfide) groups is 1. The monoisotopic (exact) mass is 458 g/mol. The number of amides is 1. The summed E-state index contributed by atoms with van der Waals surface area (Å²) >= 11 is 2.60. The normalized spacial score (nSPS) is 10.8. The Morgan fingerprint density at radius 1 is 1.10 bits per heavy atom. The molecule has 0 aliphatic rings. The summed E-state index contributed by atoms with van der Waals surface area (Å²) < 4.78 is 34.9. The summed E-state index contributed by atoms with van der Waals surface area (Å²) in [6.45, 7) is 0. The predicted molar refractivity (Wildman–Crippen MR) is 117 cm³/mol. The van der Waals surface area contributed by atoms with Gasteiger partial charge in [-0.05, 0) is 35.7 Å². The van der Waals surface area contributed by atoms with Gasteiger partial charge in [-0.25, -0.2) is 8.78 Å². The molecule has 2 heterocycles. The highest BCUT2D eigenvalue weighted by Gasteiger charge is 2.21. The Hall–Kier alpha value is -3.24. The number of thiophene rings is 1. The Morgan fingerprint density at radius 2 is 1.87 bits per heavy atom. The van der Waals surface area contributed by atoms with Crippen molar-refractivity contribution in [1.29, 1.82) is 0 Å². The number of ether oxygens (including phenoxy) is 1. The second-order valence-electron chi connectivity index (χ2n) is 6.22. The Labute approximate surface area is 184 Å². The van der Waals surface area contributed by atoms with E-state index in [1.54, 1.807) is 11.7 Å². The van der Waals surface area contributed by atoms with Gasteiger partial charge in [0.2, 0.25) is 5.91 Å². The lowest BCUT2D eigenvalue weighted by Crippen LogP contribution is -2.16. The highest BCUT2D eigenvalue weighted by atomic mass is 32.2. The summed E-state index contributed by atoms with van der Waals surface area (Å²) in [4.78, 5) is 13.2. The number of para-hydroxylation sites is 3. The maximum Gasteiger partial charge on any atom is 0.235 e. The minimum Gasteiger partial charge on any atom is -0.495 e. The maximum absolute atomic E-state index is 13.8. The van der Waals surface area contributed by atoms with Crippen LogP contribution < -0.4 is 10.1 Å². The number of rotatable bonds is 7. The van der Waals surface area contributed by atoms with Gasteiger partial charge in [0.05, 0.1) is 23.4 Å². The van der Waals surface area contributed by atoms with Crippen LogP contribution in [0.4, 0.5) is 14.5 Å².